The molecule has 0 aliphatic carbocycles. The number of fused-ring (bicyclic) bond motifs is 1. The van der Waals surface area contributed by atoms with Gasteiger partial charge in [0.1, 0.15) is 18.1 Å². The van der Waals surface area contributed by atoms with Crippen molar-refractivity contribution >= 4 is 22.8 Å². The average Bonchev–Trinajstić information content (AvgIpc) is 2.48. The van der Waals surface area contributed by atoms with Crippen molar-refractivity contribution in [3.63, 3.8) is 0 Å². The summed E-state index contributed by atoms with van der Waals surface area (Å²) in [5.41, 5.74) is 1.04. The van der Waals surface area contributed by atoms with Crippen LogP contribution in [0.1, 0.15) is 13.2 Å². The van der Waals surface area contributed by atoms with E-state index in [1.165, 1.54) is 17.2 Å². The smallest absolute Gasteiger partial charge is 0.166 e. The normalized spacial score (nSPS) is 13.5. The Bertz CT molecular complexity index is 439. The molecule has 0 aliphatic rings. The highest BCUT2D eigenvalue weighted by Gasteiger charge is 2.10. The standard InChI is InChI=1S/C7H7ClN4O/c1-4(13)12-3-11-5-6(8)9-2-10-7(5)12/h2-4,13H,1H3. The highest BCUT2D eigenvalue weighted by atomic mass is 35.5. The van der Waals surface area contributed by atoms with Gasteiger partial charge < -0.3 is 5.11 Å². The van der Waals surface area contributed by atoms with Gasteiger partial charge in [-0.2, -0.15) is 0 Å². The topological polar surface area (TPSA) is 63.8 Å². The first-order valence-corrected chi connectivity index (χ1v) is 4.09. The molecule has 0 saturated carbocycles. The van der Waals surface area contributed by atoms with Crippen LogP contribution in [0, 0.1) is 0 Å². The Morgan fingerprint density at radius 2 is 2.23 bits per heavy atom. The van der Waals surface area contributed by atoms with E-state index < -0.39 is 6.23 Å². The van der Waals surface area contributed by atoms with Crippen molar-refractivity contribution in [3.05, 3.63) is 17.8 Å². The molecular weight excluding hydrogens is 192 g/mol. The number of nitrogens with zero attached hydrogens (tertiary/aromatic N) is 4. The van der Waals surface area contributed by atoms with E-state index in [9.17, 15) is 5.11 Å². The molecule has 0 amide bonds. The first-order valence-electron chi connectivity index (χ1n) is 3.71. The first-order chi connectivity index (χ1) is 6.20. The molecule has 0 aliphatic heterocycles. The molecule has 13 heavy (non-hydrogen) atoms. The van der Waals surface area contributed by atoms with Gasteiger partial charge in [-0.15, -0.1) is 0 Å². The van der Waals surface area contributed by atoms with Crippen molar-refractivity contribution in [2.45, 2.75) is 13.2 Å². The Morgan fingerprint density at radius 1 is 1.46 bits per heavy atom. The van der Waals surface area contributed by atoms with E-state index in [4.69, 9.17) is 11.6 Å². The predicted molar refractivity (Wildman–Crippen MR) is 47.3 cm³/mol. The summed E-state index contributed by atoms with van der Waals surface area (Å²) in [6.45, 7) is 1.62. The SMILES string of the molecule is CC(O)n1cnc2c(Cl)ncnc21. The van der Waals surface area contributed by atoms with Gasteiger partial charge in [0.05, 0.1) is 6.33 Å². The highest BCUT2D eigenvalue weighted by Crippen LogP contribution is 2.18. The molecule has 6 heteroatoms. The average molecular weight is 199 g/mol. The van der Waals surface area contributed by atoms with Gasteiger partial charge in [0.2, 0.25) is 0 Å². The third-order valence-corrected chi connectivity index (χ3v) is 1.99. The minimum Gasteiger partial charge on any atom is -0.373 e. The zero-order valence-corrected chi connectivity index (χ0v) is 7.60. The number of rotatable bonds is 1. The molecule has 0 radical (unpaired) electrons. The Balaban J connectivity index is 2.75. The van der Waals surface area contributed by atoms with Crippen LogP contribution in [0.4, 0.5) is 0 Å². The summed E-state index contributed by atoms with van der Waals surface area (Å²) >= 11 is 5.77. The van der Waals surface area contributed by atoms with Crippen molar-refractivity contribution in [1.29, 1.82) is 0 Å². The van der Waals surface area contributed by atoms with Crippen molar-refractivity contribution in [2.75, 3.05) is 0 Å². The maximum Gasteiger partial charge on any atom is 0.166 e. The lowest BCUT2D eigenvalue weighted by atomic mass is 10.5. The van der Waals surface area contributed by atoms with Crippen molar-refractivity contribution in [3.8, 4) is 0 Å². The van der Waals surface area contributed by atoms with Gasteiger partial charge in [0, 0.05) is 0 Å². The summed E-state index contributed by atoms with van der Waals surface area (Å²) < 4.78 is 1.52. The Hall–Kier alpha value is -1.20. The summed E-state index contributed by atoms with van der Waals surface area (Å²) in [6, 6.07) is 0. The molecule has 2 aromatic heterocycles. The van der Waals surface area contributed by atoms with Crippen molar-refractivity contribution in [2.24, 2.45) is 0 Å². The van der Waals surface area contributed by atoms with Gasteiger partial charge in [-0.1, -0.05) is 11.6 Å². The van der Waals surface area contributed by atoms with E-state index in [-0.39, 0.29) is 0 Å². The van der Waals surface area contributed by atoms with E-state index in [1.54, 1.807) is 6.92 Å². The molecule has 2 heterocycles. The van der Waals surface area contributed by atoms with Crippen molar-refractivity contribution in [1.82, 2.24) is 19.5 Å². The second-order valence-corrected chi connectivity index (χ2v) is 2.98. The van der Waals surface area contributed by atoms with Crippen LogP contribution in [-0.4, -0.2) is 24.6 Å². The third kappa shape index (κ3) is 1.26. The minimum atomic E-state index is -0.670. The minimum absolute atomic E-state index is 0.296. The van der Waals surface area contributed by atoms with Gasteiger partial charge in [0.15, 0.2) is 10.8 Å². The largest absolute Gasteiger partial charge is 0.373 e. The maximum atomic E-state index is 9.32. The molecule has 1 unspecified atom stereocenters. The van der Waals surface area contributed by atoms with Gasteiger partial charge >= 0.3 is 0 Å². The summed E-state index contributed by atoms with van der Waals surface area (Å²) in [5, 5.41) is 9.62. The lowest BCUT2D eigenvalue weighted by Crippen LogP contribution is -2.02. The lowest BCUT2D eigenvalue weighted by molar-refractivity contribution is 0.128. The second-order valence-electron chi connectivity index (χ2n) is 2.62. The second kappa shape index (κ2) is 2.93. The van der Waals surface area contributed by atoms with Crippen LogP contribution in [-0.2, 0) is 0 Å². The number of hydrogen-bond acceptors (Lipinski definition) is 4. The van der Waals surface area contributed by atoms with Crippen LogP contribution in [0.5, 0.6) is 0 Å². The molecule has 0 bridgehead atoms. The summed E-state index contributed by atoms with van der Waals surface area (Å²) in [5.74, 6) is 0. The van der Waals surface area contributed by atoms with Crippen LogP contribution in [0.15, 0.2) is 12.7 Å². The molecule has 68 valence electrons. The fourth-order valence-electron chi connectivity index (χ4n) is 1.10. The quantitative estimate of drug-likeness (QED) is 0.695. The number of imidazole rings is 1. The van der Waals surface area contributed by atoms with E-state index in [0.29, 0.717) is 16.3 Å². The number of aromatic nitrogens is 4. The van der Waals surface area contributed by atoms with Crippen LogP contribution >= 0.6 is 11.6 Å². The molecule has 1 atom stereocenters. The fourth-order valence-corrected chi connectivity index (χ4v) is 1.27. The number of halogens is 1. The number of hydrogen-bond donors (Lipinski definition) is 1. The summed E-state index contributed by atoms with van der Waals surface area (Å²) in [6.07, 6.45) is 2.15. The van der Waals surface area contributed by atoms with E-state index in [0.717, 1.165) is 0 Å². The molecule has 5 nitrogen and oxygen atoms in total. The van der Waals surface area contributed by atoms with Gasteiger partial charge in [0.25, 0.3) is 0 Å². The highest BCUT2D eigenvalue weighted by molar-refractivity contribution is 6.33. The molecule has 2 aromatic rings. The van der Waals surface area contributed by atoms with E-state index in [1.807, 2.05) is 0 Å². The lowest BCUT2D eigenvalue weighted by Gasteiger charge is -2.04. The fraction of sp³-hybridized carbons (Fsp3) is 0.286. The Kier molecular flexibility index (Phi) is 1.90. The molecule has 1 N–H and O–H groups in total. The summed E-state index contributed by atoms with van der Waals surface area (Å²) in [7, 11) is 0. The monoisotopic (exact) mass is 198 g/mol. The zero-order valence-electron chi connectivity index (χ0n) is 6.85. The Morgan fingerprint density at radius 3 is 2.92 bits per heavy atom. The number of aliphatic hydroxyl groups excluding tert-OH is 1. The van der Waals surface area contributed by atoms with E-state index in [2.05, 4.69) is 15.0 Å². The molecule has 0 spiro atoms. The van der Waals surface area contributed by atoms with Gasteiger partial charge in [-0.3, -0.25) is 4.57 Å². The van der Waals surface area contributed by atoms with Crippen molar-refractivity contribution < 1.29 is 5.11 Å². The number of aliphatic hydroxyl groups is 1. The Labute approximate surface area is 79.0 Å². The first kappa shape index (κ1) is 8.40. The maximum absolute atomic E-state index is 9.32. The van der Waals surface area contributed by atoms with Gasteiger partial charge in [-0.25, -0.2) is 15.0 Å². The molecule has 0 saturated heterocycles. The molecule has 0 fully saturated rings. The molecular formula is C7H7ClN4O. The van der Waals surface area contributed by atoms with E-state index >= 15 is 0 Å². The molecule has 2 rings (SSSR count). The zero-order chi connectivity index (χ0) is 9.42. The van der Waals surface area contributed by atoms with Crippen LogP contribution in [0.2, 0.25) is 5.15 Å². The van der Waals surface area contributed by atoms with Crippen LogP contribution in [0.25, 0.3) is 11.2 Å². The van der Waals surface area contributed by atoms with Crippen LogP contribution < -0.4 is 0 Å². The van der Waals surface area contributed by atoms with Gasteiger partial charge in [-0.05, 0) is 6.92 Å². The van der Waals surface area contributed by atoms with Crippen LogP contribution in [0.3, 0.4) is 0 Å². The third-order valence-electron chi connectivity index (χ3n) is 1.72. The molecule has 0 aromatic carbocycles. The summed E-state index contributed by atoms with van der Waals surface area (Å²) in [4.78, 5) is 11.7. The predicted octanol–water partition coefficient (Wildman–Crippen LogP) is 0.990.